The van der Waals surface area contributed by atoms with Crippen LogP contribution in [0.15, 0.2) is 40.9 Å². The van der Waals surface area contributed by atoms with Gasteiger partial charge in [-0.1, -0.05) is 47.1 Å². The Balaban J connectivity index is 2.61. The van der Waals surface area contributed by atoms with E-state index in [0.717, 1.165) is 16.8 Å². The predicted octanol–water partition coefficient (Wildman–Crippen LogP) is 4.77. The van der Waals surface area contributed by atoms with Crippen molar-refractivity contribution in [3.05, 3.63) is 63.1 Å². The smallest absolute Gasteiger partial charge is 0.124 e. The molecule has 1 N–H and O–H groups in total. The maximum atomic E-state index is 5.64. The molecule has 2 nitrogen and oxygen atoms in total. The van der Waals surface area contributed by atoms with Crippen molar-refractivity contribution >= 4 is 15.9 Å². The van der Waals surface area contributed by atoms with Gasteiger partial charge in [-0.3, -0.25) is 0 Å². The second-order valence-corrected chi connectivity index (χ2v) is 6.06. The fourth-order valence-corrected chi connectivity index (χ4v) is 3.27. The molecule has 0 spiro atoms. The van der Waals surface area contributed by atoms with Gasteiger partial charge in [0.05, 0.1) is 13.2 Å². The van der Waals surface area contributed by atoms with Crippen molar-refractivity contribution in [3.8, 4) is 5.75 Å². The summed E-state index contributed by atoms with van der Waals surface area (Å²) in [5, 5.41) is 3.58. The molecule has 1 unspecified atom stereocenters. The highest BCUT2D eigenvalue weighted by atomic mass is 79.9. The highest BCUT2D eigenvalue weighted by Gasteiger charge is 2.21. The molecule has 0 fully saturated rings. The van der Waals surface area contributed by atoms with Crippen molar-refractivity contribution in [2.24, 2.45) is 0 Å². The maximum Gasteiger partial charge on any atom is 0.124 e. The molecule has 112 valence electrons. The van der Waals surface area contributed by atoms with Crippen LogP contribution < -0.4 is 10.1 Å². The first-order valence-electron chi connectivity index (χ1n) is 7.21. The molecule has 1 atom stereocenters. The van der Waals surface area contributed by atoms with E-state index in [9.17, 15) is 0 Å². The van der Waals surface area contributed by atoms with Gasteiger partial charge in [-0.15, -0.1) is 0 Å². The molecule has 0 amide bonds. The Morgan fingerprint density at radius 2 is 1.90 bits per heavy atom. The molecule has 0 aliphatic heterocycles. The van der Waals surface area contributed by atoms with Gasteiger partial charge in [0.2, 0.25) is 0 Å². The maximum absolute atomic E-state index is 5.64. The molecule has 0 aromatic heterocycles. The molecular formula is C18H22BrNO. The van der Waals surface area contributed by atoms with Gasteiger partial charge in [0.25, 0.3) is 0 Å². The molecule has 2 aromatic carbocycles. The van der Waals surface area contributed by atoms with E-state index in [0.29, 0.717) is 0 Å². The zero-order chi connectivity index (χ0) is 15.4. The average molecular weight is 348 g/mol. The fraction of sp³-hybridized carbons (Fsp3) is 0.333. The van der Waals surface area contributed by atoms with Crippen molar-refractivity contribution < 1.29 is 4.74 Å². The minimum Gasteiger partial charge on any atom is -0.496 e. The quantitative estimate of drug-likeness (QED) is 0.840. The van der Waals surface area contributed by atoms with Crippen molar-refractivity contribution in [2.75, 3.05) is 13.7 Å². The molecule has 3 heteroatoms. The van der Waals surface area contributed by atoms with Crippen molar-refractivity contribution in [1.82, 2.24) is 5.32 Å². The summed E-state index contributed by atoms with van der Waals surface area (Å²) < 4.78 is 6.75. The van der Waals surface area contributed by atoms with Gasteiger partial charge < -0.3 is 10.1 Å². The second kappa shape index (κ2) is 7.10. The molecule has 2 rings (SSSR count). The molecule has 2 aromatic rings. The molecular weight excluding hydrogens is 326 g/mol. The Bertz CT molecular complexity index is 625. The lowest BCUT2D eigenvalue weighted by Crippen LogP contribution is -2.24. The van der Waals surface area contributed by atoms with Crippen molar-refractivity contribution in [1.29, 1.82) is 0 Å². The number of methoxy groups -OCH3 is 1. The zero-order valence-electron chi connectivity index (χ0n) is 13.0. The predicted molar refractivity (Wildman–Crippen MR) is 92.1 cm³/mol. The van der Waals surface area contributed by atoms with Gasteiger partial charge in [0.15, 0.2) is 0 Å². The van der Waals surface area contributed by atoms with Crippen LogP contribution in [0, 0.1) is 13.8 Å². The number of halogens is 1. The minimum absolute atomic E-state index is 0.112. The van der Waals surface area contributed by atoms with Crippen molar-refractivity contribution in [2.45, 2.75) is 26.8 Å². The van der Waals surface area contributed by atoms with E-state index in [1.807, 2.05) is 6.07 Å². The number of hydrogen-bond acceptors (Lipinski definition) is 2. The average Bonchev–Trinajstić information content (AvgIpc) is 2.45. The second-order valence-electron chi connectivity index (χ2n) is 5.21. The Kier molecular flexibility index (Phi) is 5.43. The van der Waals surface area contributed by atoms with E-state index < -0.39 is 0 Å². The van der Waals surface area contributed by atoms with Gasteiger partial charge in [0, 0.05) is 10.0 Å². The van der Waals surface area contributed by atoms with E-state index in [4.69, 9.17) is 4.74 Å². The third-order valence-corrected chi connectivity index (χ3v) is 4.35. The SMILES string of the molecule is CCNC(c1ccccc1Br)c1c(C)cc(C)cc1OC. The van der Waals surface area contributed by atoms with Crippen LogP contribution in [0.5, 0.6) is 5.75 Å². The van der Waals surface area contributed by atoms with Gasteiger partial charge >= 0.3 is 0 Å². The Morgan fingerprint density at radius 3 is 2.52 bits per heavy atom. The fourth-order valence-electron chi connectivity index (χ4n) is 2.76. The number of benzene rings is 2. The number of ether oxygens (including phenoxy) is 1. The van der Waals surface area contributed by atoms with E-state index in [2.05, 4.69) is 72.3 Å². The summed E-state index contributed by atoms with van der Waals surface area (Å²) in [7, 11) is 1.74. The standard InChI is InChI=1S/C18H22BrNO/c1-5-20-18(14-8-6-7-9-15(14)19)17-13(3)10-12(2)11-16(17)21-4/h6-11,18,20H,5H2,1-4H3. The monoisotopic (exact) mass is 347 g/mol. The van der Waals surface area contributed by atoms with Gasteiger partial charge in [-0.05, 0) is 49.2 Å². The Hall–Kier alpha value is -1.32. The molecule has 0 aliphatic carbocycles. The van der Waals surface area contributed by atoms with Crippen molar-refractivity contribution in [3.63, 3.8) is 0 Å². The summed E-state index contributed by atoms with van der Waals surface area (Å²) in [5.74, 6) is 0.939. The van der Waals surface area contributed by atoms with E-state index in [1.54, 1.807) is 7.11 Å². The number of hydrogen-bond donors (Lipinski definition) is 1. The van der Waals surface area contributed by atoms with Crippen LogP contribution in [0.25, 0.3) is 0 Å². The van der Waals surface area contributed by atoms with Crippen LogP contribution in [0.4, 0.5) is 0 Å². The molecule has 0 aliphatic rings. The Labute approximate surface area is 135 Å². The molecule has 0 saturated heterocycles. The number of aryl methyl sites for hydroxylation is 2. The van der Waals surface area contributed by atoms with Crippen LogP contribution in [0.3, 0.4) is 0 Å². The van der Waals surface area contributed by atoms with Crippen LogP contribution in [0.2, 0.25) is 0 Å². The third kappa shape index (κ3) is 3.47. The highest BCUT2D eigenvalue weighted by Crippen LogP contribution is 2.36. The molecule has 0 bridgehead atoms. The summed E-state index contributed by atoms with van der Waals surface area (Å²) in [5.41, 5.74) is 4.89. The first kappa shape index (κ1) is 16.1. The lowest BCUT2D eigenvalue weighted by molar-refractivity contribution is 0.403. The summed E-state index contributed by atoms with van der Waals surface area (Å²) in [6, 6.07) is 12.8. The number of rotatable bonds is 5. The van der Waals surface area contributed by atoms with Gasteiger partial charge in [0.1, 0.15) is 5.75 Å². The minimum atomic E-state index is 0.112. The summed E-state index contributed by atoms with van der Waals surface area (Å²) in [4.78, 5) is 0. The van der Waals surface area contributed by atoms with E-state index >= 15 is 0 Å². The van der Waals surface area contributed by atoms with Crippen LogP contribution in [0.1, 0.15) is 35.2 Å². The van der Waals surface area contributed by atoms with Crippen LogP contribution in [-0.4, -0.2) is 13.7 Å². The van der Waals surface area contributed by atoms with E-state index in [1.165, 1.54) is 22.3 Å². The third-order valence-electron chi connectivity index (χ3n) is 3.63. The zero-order valence-corrected chi connectivity index (χ0v) is 14.6. The summed E-state index contributed by atoms with van der Waals surface area (Å²) in [6.45, 7) is 7.26. The van der Waals surface area contributed by atoms with Crippen LogP contribution >= 0.6 is 15.9 Å². The summed E-state index contributed by atoms with van der Waals surface area (Å²) >= 11 is 3.67. The molecule has 0 radical (unpaired) electrons. The molecule has 0 heterocycles. The number of nitrogens with one attached hydrogen (secondary N) is 1. The molecule has 21 heavy (non-hydrogen) atoms. The lowest BCUT2D eigenvalue weighted by atomic mass is 9.92. The van der Waals surface area contributed by atoms with E-state index in [-0.39, 0.29) is 6.04 Å². The van der Waals surface area contributed by atoms with Crippen LogP contribution in [-0.2, 0) is 0 Å². The first-order valence-corrected chi connectivity index (χ1v) is 8.00. The van der Waals surface area contributed by atoms with Gasteiger partial charge in [-0.25, -0.2) is 0 Å². The largest absolute Gasteiger partial charge is 0.496 e. The first-order chi connectivity index (χ1) is 10.1. The topological polar surface area (TPSA) is 21.3 Å². The normalized spacial score (nSPS) is 12.2. The lowest BCUT2D eigenvalue weighted by Gasteiger charge is -2.24. The summed E-state index contributed by atoms with van der Waals surface area (Å²) in [6.07, 6.45) is 0. The Morgan fingerprint density at radius 1 is 1.19 bits per heavy atom. The molecule has 0 saturated carbocycles. The highest BCUT2D eigenvalue weighted by molar-refractivity contribution is 9.10. The van der Waals surface area contributed by atoms with Gasteiger partial charge in [-0.2, -0.15) is 0 Å².